The number of benzene rings is 1. The number of hydroxylamine groups is 1. The highest BCUT2D eigenvalue weighted by atomic mass is 19.1. The minimum absolute atomic E-state index is 0.150. The lowest BCUT2D eigenvalue weighted by Gasteiger charge is -2.11. The molecule has 160 valence electrons. The van der Waals surface area contributed by atoms with Crippen LogP contribution in [0.25, 0.3) is 16.9 Å². The van der Waals surface area contributed by atoms with Crippen molar-refractivity contribution < 1.29 is 22.9 Å². The number of halogens is 2. The maximum atomic E-state index is 14.5. The summed E-state index contributed by atoms with van der Waals surface area (Å²) in [5.41, 5.74) is 3.48. The Morgan fingerprint density at radius 3 is 2.77 bits per heavy atom. The molecule has 0 aliphatic rings. The largest absolute Gasteiger partial charge is 0.339 e. The van der Waals surface area contributed by atoms with Gasteiger partial charge in [-0.15, -0.1) is 0 Å². The average molecular weight is 429 g/mol. The molecule has 3 aromatic heterocycles. The fourth-order valence-electron chi connectivity index (χ4n) is 3.22. The Bertz CT molecular complexity index is 1290. The monoisotopic (exact) mass is 429 g/mol. The Hall–Kier alpha value is -3.93. The number of amides is 1. The molecule has 4 rings (SSSR count). The van der Waals surface area contributed by atoms with Crippen LogP contribution in [0.3, 0.4) is 0 Å². The molecule has 10 nitrogen and oxygen atoms in total. The zero-order valence-corrected chi connectivity index (χ0v) is 16.7. The number of rotatable bonds is 6. The van der Waals surface area contributed by atoms with Gasteiger partial charge in [0.2, 0.25) is 11.7 Å². The van der Waals surface area contributed by atoms with Crippen molar-refractivity contribution in [1.82, 2.24) is 30.2 Å². The van der Waals surface area contributed by atoms with Crippen LogP contribution < -0.4 is 10.8 Å². The number of fused-ring (bicyclic) bond motifs is 1. The van der Waals surface area contributed by atoms with E-state index in [0.29, 0.717) is 35.3 Å². The molecule has 0 saturated heterocycles. The van der Waals surface area contributed by atoms with Gasteiger partial charge in [0.1, 0.15) is 23.5 Å². The Labute approximate surface area is 174 Å². The van der Waals surface area contributed by atoms with E-state index in [2.05, 4.69) is 30.4 Å². The second kappa shape index (κ2) is 8.07. The molecule has 4 aromatic rings. The quantitative estimate of drug-likeness (QED) is 0.449. The number of hydrogen-bond donors (Lipinski definition) is 2. The topological polar surface area (TPSA) is 119 Å². The lowest BCUT2D eigenvalue weighted by molar-refractivity contribution is 0.0533. The van der Waals surface area contributed by atoms with Crippen molar-refractivity contribution in [3.05, 3.63) is 53.3 Å². The molecule has 0 aliphatic carbocycles. The molecule has 0 unspecified atom stereocenters. The van der Waals surface area contributed by atoms with E-state index in [-0.39, 0.29) is 11.5 Å². The Morgan fingerprint density at radius 1 is 1.29 bits per heavy atom. The van der Waals surface area contributed by atoms with E-state index >= 15 is 0 Å². The summed E-state index contributed by atoms with van der Waals surface area (Å²) >= 11 is 0. The minimum Gasteiger partial charge on any atom is -0.339 e. The number of carbonyl (C=O) groups excluding carboxylic acids is 1. The lowest BCUT2D eigenvalue weighted by atomic mass is 10.1. The highest BCUT2D eigenvalue weighted by molar-refractivity contribution is 5.95. The molecule has 0 radical (unpaired) electrons. The van der Waals surface area contributed by atoms with Crippen LogP contribution in [0.5, 0.6) is 0 Å². The van der Waals surface area contributed by atoms with E-state index in [9.17, 15) is 13.6 Å². The molecule has 0 saturated carbocycles. The van der Waals surface area contributed by atoms with Gasteiger partial charge in [-0.2, -0.15) is 10.1 Å². The van der Waals surface area contributed by atoms with E-state index in [1.54, 1.807) is 17.6 Å². The predicted molar refractivity (Wildman–Crippen MR) is 105 cm³/mol. The molecule has 2 N–H and O–H groups in total. The fourth-order valence-corrected chi connectivity index (χ4v) is 3.22. The molecule has 0 aliphatic heterocycles. The molecule has 0 spiro atoms. The summed E-state index contributed by atoms with van der Waals surface area (Å²) in [7, 11) is 1.21. The van der Waals surface area contributed by atoms with Gasteiger partial charge in [0.25, 0.3) is 5.91 Å². The van der Waals surface area contributed by atoms with E-state index < -0.39 is 23.1 Å². The number of anilines is 2. The maximum absolute atomic E-state index is 14.5. The third-order valence-corrected chi connectivity index (χ3v) is 4.55. The third-order valence-electron chi connectivity index (χ3n) is 4.55. The number of carbonyl (C=O) groups is 1. The molecule has 31 heavy (non-hydrogen) atoms. The van der Waals surface area contributed by atoms with Crippen LogP contribution in [0.4, 0.5) is 20.3 Å². The normalized spacial score (nSPS) is 11.1. The number of nitrogens with one attached hydrogen (secondary N) is 2. The molecule has 1 aromatic carbocycles. The summed E-state index contributed by atoms with van der Waals surface area (Å²) in [6.07, 6.45) is 3.55. The predicted octanol–water partition coefficient (Wildman–Crippen LogP) is 2.96. The van der Waals surface area contributed by atoms with E-state index in [4.69, 9.17) is 4.52 Å². The van der Waals surface area contributed by atoms with Crippen molar-refractivity contribution in [3.63, 3.8) is 0 Å². The van der Waals surface area contributed by atoms with Crippen LogP contribution in [0.15, 0.2) is 29.2 Å². The van der Waals surface area contributed by atoms with Crippen molar-refractivity contribution in [2.75, 3.05) is 12.4 Å². The Balaban J connectivity index is 1.82. The van der Waals surface area contributed by atoms with E-state index in [1.165, 1.54) is 13.4 Å². The van der Waals surface area contributed by atoms with Gasteiger partial charge < -0.3 is 9.84 Å². The van der Waals surface area contributed by atoms with E-state index in [0.717, 1.165) is 11.6 Å². The van der Waals surface area contributed by atoms with Gasteiger partial charge >= 0.3 is 0 Å². The number of aryl methyl sites for hydroxylation is 2. The van der Waals surface area contributed by atoms with Gasteiger partial charge in [-0.3, -0.25) is 9.63 Å². The summed E-state index contributed by atoms with van der Waals surface area (Å²) in [6, 6.07) is 1.65. The van der Waals surface area contributed by atoms with Crippen molar-refractivity contribution in [2.45, 2.75) is 20.3 Å². The molecular formula is C19H17F2N7O3. The lowest BCUT2D eigenvalue weighted by Crippen LogP contribution is -2.23. The van der Waals surface area contributed by atoms with Crippen molar-refractivity contribution >= 4 is 22.9 Å². The van der Waals surface area contributed by atoms with Gasteiger partial charge in [-0.25, -0.2) is 23.8 Å². The highest BCUT2D eigenvalue weighted by Gasteiger charge is 2.21. The first-order valence-corrected chi connectivity index (χ1v) is 9.18. The van der Waals surface area contributed by atoms with Crippen LogP contribution in [0.2, 0.25) is 0 Å². The fraction of sp³-hybridized carbons (Fsp3) is 0.211. The Kier molecular flexibility index (Phi) is 5.29. The second-order valence-corrected chi connectivity index (χ2v) is 6.49. The molecule has 3 heterocycles. The zero-order chi connectivity index (χ0) is 22.1. The number of nitrogens with zero attached hydrogens (tertiary/aromatic N) is 5. The first-order valence-electron chi connectivity index (χ1n) is 9.18. The first-order chi connectivity index (χ1) is 14.9. The van der Waals surface area contributed by atoms with Crippen LogP contribution in [0.1, 0.15) is 28.7 Å². The highest BCUT2D eigenvalue weighted by Crippen LogP contribution is 2.32. The first kappa shape index (κ1) is 20.3. The van der Waals surface area contributed by atoms with Gasteiger partial charge in [-0.1, -0.05) is 12.1 Å². The SMILES string of the molecule is CCc1c(-c2noc(C)n2)cn2ncnc(Nc3cc(C(=O)NOC)c(F)cc3F)c12. The zero-order valence-electron chi connectivity index (χ0n) is 16.7. The second-order valence-electron chi connectivity index (χ2n) is 6.49. The molecule has 0 atom stereocenters. The van der Waals surface area contributed by atoms with Crippen LogP contribution in [-0.4, -0.2) is 37.8 Å². The number of aromatic nitrogens is 5. The van der Waals surface area contributed by atoms with E-state index in [1.807, 2.05) is 12.4 Å². The smallest absolute Gasteiger partial charge is 0.277 e. The summed E-state index contributed by atoms with van der Waals surface area (Å²) < 4.78 is 35.2. The van der Waals surface area contributed by atoms with Gasteiger partial charge in [0.05, 0.1) is 18.4 Å². The number of hydrogen-bond acceptors (Lipinski definition) is 8. The Morgan fingerprint density at radius 2 is 2.10 bits per heavy atom. The average Bonchev–Trinajstić information content (AvgIpc) is 3.33. The summed E-state index contributed by atoms with van der Waals surface area (Å²) in [4.78, 5) is 24.9. The third kappa shape index (κ3) is 3.68. The van der Waals surface area contributed by atoms with Crippen molar-refractivity contribution in [1.29, 1.82) is 0 Å². The van der Waals surface area contributed by atoms with Gasteiger partial charge in [0, 0.05) is 24.8 Å². The summed E-state index contributed by atoms with van der Waals surface area (Å²) in [5.74, 6) is -1.74. The van der Waals surface area contributed by atoms with Crippen molar-refractivity contribution in [2.24, 2.45) is 0 Å². The van der Waals surface area contributed by atoms with Crippen LogP contribution >= 0.6 is 0 Å². The van der Waals surface area contributed by atoms with Crippen LogP contribution in [0, 0.1) is 18.6 Å². The van der Waals surface area contributed by atoms with Gasteiger partial charge in [-0.05, 0) is 18.1 Å². The summed E-state index contributed by atoms with van der Waals surface area (Å²) in [5, 5.41) is 11.0. The molecule has 12 heteroatoms. The molecule has 0 fully saturated rings. The minimum atomic E-state index is -1.03. The molecule has 1 amide bonds. The molecular weight excluding hydrogens is 412 g/mol. The van der Waals surface area contributed by atoms with Crippen LogP contribution in [-0.2, 0) is 11.3 Å². The molecule has 0 bridgehead atoms. The van der Waals surface area contributed by atoms with Gasteiger partial charge in [0.15, 0.2) is 5.82 Å². The maximum Gasteiger partial charge on any atom is 0.277 e. The van der Waals surface area contributed by atoms with Crippen molar-refractivity contribution in [3.8, 4) is 11.4 Å². The standard InChI is InChI=1S/C19H17F2N7O3/c1-4-10-12(17-24-9(2)31-26-17)7-28-16(10)18(22-8-23-28)25-15-5-11(19(29)27-30-3)13(20)6-14(15)21/h5-8H,4H2,1-3H3,(H,27,29)(H,22,23,25). The summed E-state index contributed by atoms with van der Waals surface area (Å²) in [6.45, 7) is 3.60.